The van der Waals surface area contributed by atoms with Gasteiger partial charge in [-0.15, -0.1) is 0 Å². The number of anilines is 2. The number of hydrogen-bond donors (Lipinski definition) is 2. The molecule has 1 aliphatic rings. The maximum absolute atomic E-state index is 12.4. The fourth-order valence-corrected chi connectivity index (χ4v) is 3.50. The normalized spacial score (nSPS) is 13.1. The van der Waals surface area contributed by atoms with Gasteiger partial charge in [0.05, 0.1) is 29.6 Å². The summed E-state index contributed by atoms with van der Waals surface area (Å²) in [4.78, 5) is 33.4. The number of nitrogens with zero attached hydrogens (tertiary/aromatic N) is 2. The number of esters is 1. The van der Waals surface area contributed by atoms with Gasteiger partial charge in [-0.25, -0.2) is 14.8 Å². The van der Waals surface area contributed by atoms with Crippen molar-refractivity contribution in [2.45, 2.75) is 24.0 Å². The standard InChI is InChI=1S/C21H20N4O3S/c1-28-20(27)15-7-3-5-9-17(15)23-18(26)12-29-21-24-16-8-4-2-6-14(16)19(25-21)22-13-10-11-13/h2-9,13H,10-12H2,1H3,(H,23,26)(H,22,24,25). The molecule has 1 saturated carbocycles. The molecule has 1 aliphatic carbocycles. The van der Waals surface area contributed by atoms with Gasteiger partial charge in [-0.3, -0.25) is 4.79 Å². The van der Waals surface area contributed by atoms with Gasteiger partial charge in [-0.2, -0.15) is 0 Å². The summed E-state index contributed by atoms with van der Waals surface area (Å²) in [5.74, 6) is 0.176. The Morgan fingerprint density at radius 1 is 1.10 bits per heavy atom. The lowest BCUT2D eigenvalue weighted by Gasteiger charge is -2.11. The zero-order chi connectivity index (χ0) is 20.2. The maximum atomic E-state index is 12.4. The van der Waals surface area contributed by atoms with Gasteiger partial charge in [0.1, 0.15) is 5.82 Å². The van der Waals surface area contributed by atoms with Crippen molar-refractivity contribution in [3.05, 3.63) is 54.1 Å². The smallest absolute Gasteiger partial charge is 0.339 e. The molecule has 0 radical (unpaired) electrons. The molecule has 0 bridgehead atoms. The van der Waals surface area contributed by atoms with E-state index in [0.29, 0.717) is 22.4 Å². The Morgan fingerprint density at radius 2 is 1.86 bits per heavy atom. The van der Waals surface area contributed by atoms with Gasteiger partial charge in [0.15, 0.2) is 5.16 Å². The van der Waals surface area contributed by atoms with Crippen molar-refractivity contribution in [3.8, 4) is 0 Å². The minimum atomic E-state index is -0.498. The van der Waals surface area contributed by atoms with Crippen molar-refractivity contribution < 1.29 is 14.3 Å². The van der Waals surface area contributed by atoms with Crippen LogP contribution in [0, 0.1) is 0 Å². The van der Waals surface area contributed by atoms with Crippen LogP contribution in [0.15, 0.2) is 53.7 Å². The lowest BCUT2D eigenvalue weighted by atomic mass is 10.2. The third-order valence-electron chi connectivity index (χ3n) is 4.44. The first-order valence-electron chi connectivity index (χ1n) is 9.27. The first kappa shape index (κ1) is 19.2. The predicted octanol–water partition coefficient (Wildman–Crippen LogP) is 3.72. The number of rotatable bonds is 7. The molecule has 1 amide bonds. The first-order valence-corrected chi connectivity index (χ1v) is 10.3. The molecule has 1 fully saturated rings. The van der Waals surface area contributed by atoms with Crippen LogP contribution in [-0.2, 0) is 9.53 Å². The summed E-state index contributed by atoms with van der Waals surface area (Å²) in [6.45, 7) is 0. The van der Waals surface area contributed by atoms with Crippen LogP contribution in [0.1, 0.15) is 23.2 Å². The Balaban J connectivity index is 1.47. The van der Waals surface area contributed by atoms with Crippen LogP contribution in [0.3, 0.4) is 0 Å². The highest BCUT2D eigenvalue weighted by atomic mass is 32.2. The van der Waals surface area contributed by atoms with Crippen LogP contribution in [0.2, 0.25) is 0 Å². The van der Waals surface area contributed by atoms with Gasteiger partial charge in [0, 0.05) is 11.4 Å². The molecule has 0 unspecified atom stereocenters. The van der Waals surface area contributed by atoms with E-state index in [0.717, 1.165) is 29.6 Å². The summed E-state index contributed by atoms with van der Waals surface area (Å²) < 4.78 is 4.76. The second-order valence-corrected chi connectivity index (χ2v) is 7.61. The first-order chi connectivity index (χ1) is 14.1. The molecule has 7 nitrogen and oxygen atoms in total. The number of hydrogen-bond acceptors (Lipinski definition) is 7. The summed E-state index contributed by atoms with van der Waals surface area (Å²) in [6.07, 6.45) is 2.28. The Bertz CT molecular complexity index is 1070. The van der Waals surface area contributed by atoms with Crippen molar-refractivity contribution in [3.63, 3.8) is 0 Å². The fraction of sp³-hybridized carbons (Fsp3) is 0.238. The van der Waals surface area contributed by atoms with Crippen molar-refractivity contribution >= 4 is 46.0 Å². The molecular weight excluding hydrogens is 388 g/mol. The van der Waals surface area contributed by atoms with Gasteiger partial charge < -0.3 is 15.4 Å². The minimum absolute atomic E-state index is 0.122. The number of benzene rings is 2. The van der Waals surface area contributed by atoms with E-state index in [2.05, 4.69) is 20.6 Å². The van der Waals surface area contributed by atoms with Gasteiger partial charge in [-0.05, 0) is 37.1 Å². The molecule has 29 heavy (non-hydrogen) atoms. The van der Waals surface area contributed by atoms with Crippen molar-refractivity contribution in [1.29, 1.82) is 0 Å². The highest BCUT2D eigenvalue weighted by Gasteiger charge is 2.23. The van der Waals surface area contributed by atoms with Gasteiger partial charge in [-0.1, -0.05) is 36.0 Å². The summed E-state index contributed by atoms with van der Waals surface area (Å²) >= 11 is 1.25. The monoisotopic (exact) mass is 408 g/mol. The molecule has 3 aromatic rings. The quantitative estimate of drug-likeness (QED) is 0.350. The van der Waals surface area contributed by atoms with Crippen LogP contribution >= 0.6 is 11.8 Å². The van der Waals surface area contributed by atoms with Crippen LogP contribution in [0.5, 0.6) is 0 Å². The van der Waals surface area contributed by atoms with E-state index in [1.54, 1.807) is 24.3 Å². The van der Waals surface area contributed by atoms with E-state index >= 15 is 0 Å². The molecular formula is C21H20N4O3S. The van der Waals surface area contributed by atoms with E-state index < -0.39 is 5.97 Å². The number of nitrogens with one attached hydrogen (secondary N) is 2. The Hall–Kier alpha value is -3.13. The van der Waals surface area contributed by atoms with Crippen molar-refractivity contribution in [2.75, 3.05) is 23.5 Å². The third kappa shape index (κ3) is 4.65. The molecule has 2 aromatic carbocycles. The largest absolute Gasteiger partial charge is 0.465 e. The van der Waals surface area contributed by atoms with Crippen LogP contribution < -0.4 is 10.6 Å². The van der Waals surface area contributed by atoms with Gasteiger partial charge in [0.2, 0.25) is 5.91 Å². The van der Waals surface area contributed by atoms with Crippen LogP contribution in [0.25, 0.3) is 10.9 Å². The summed E-state index contributed by atoms with van der Waals surface area (Å²) in [6, 6.07) is 15.0. The Labute approximate surface area is 172 Å². The summed E-state index contributed by atoms with van der Waals surface area (Å²) in [5.41, 5.74) is 1.57. The zero-order valence-electron chi connectivity index (χ0n) is 15.8. The van der Waals surface area contributed by atoms with Crippen molar-refractivity contribution in [2.24, 2.45) is 0 Å². The number of methoxy groups -OCH3 is 1. The molecule has 0 saturated heterocycles. The summed E-state index contributed by atoms with van der Waals surface area (Å²) in [5, 5.41) is 7.70. The van der Waals surface area contributed by atoms with E-state index in [1.165, 1.54) is 18.9 Å². The number of amides is 1. The average molecular weight is 408 g/mol. The molecule has 0 atom stereocenters. The van der Waals surface area contributed by atoms with Gasteiger partial charge >= 0.3 is 5.97 Å². The van der Waals surface area contributed by atoms with E-state index in [1.807, 2.05) is 24.3 Å². The topological polar surface area (TPSA) is 93.2 Å². The number of aromatic nitrogens is 2. The highest BCUT2D eigenvalue weighted by Crippen LogP contribution is 2.29. The van der Waals surface area contributed by atoms with E-state index in [4.69, 9.17) is 4.74 Å². The average Bonchev–Trinajstić information content (AvgIpc) is 3.56. The maximum Gasteiger partial charge on any atom is 0.339 e. The fourth-order valence-electron chi connectivity index (χ4n) is 2.85. The van der Waals surface area contributed by atoms with E-state index in [-0.39, 0.29) is 11.7 Å². The SMILES string of the molecule is COC(=O)c1ccccc1NC(=O)CSc1nc(NC2CC2)c2ccccc2n1. The van der Waals surface area contributed by atoms with Crippen molar-refractivity contribution in [1.82, 2.24) is 9.97 Å². The Morgan fingerprint density at radius 3 is 2.66 bits per heavy atom. The second-order valence-electron chi connectivity index (χ2n) is 6.66. The number of fused-ring (bicyclic) bond motifs is 1. The lowest BCUT2D eigenvalue weighted by Crippen LogP contribution is -2.17. The molecule has 0 spiro atoms. The molecule has 1 aromatic heterocycles. The zero-order valence-corrected chi connectivity index (χ0v) is 16.7. The predicted molar refractivity (Wildman–Crippen MR) is 113 cm³/mol. The molecule has 1 heterocycles. The lowest BCUT2D eigenvalue weighted by molar-refractivity contribution is -0.113. The minimum Gasteiger partial charge on any atom is -0.465 e. The molecule has 8 heteroatoms. The van der Waals surface area contributed by atoms with Crippen LogP contribution in [0.4, 0.5) is 11.5 Å². The van der Waals surface area contributed by atoms with E-state index in [9.17, 15) is 9.59 Å². The van der Waals surface area contributed by atoms with Crippen LogP contribution in [-0.4, -0.2) is 40.7 Å². The number of carbonyl (C=O) groups is 2. The molecule has 0 aliphatic heterocycles. The number of ether oxygens (including phenoxy) is 1. The number of para-hydroxylation sites is 2. The second kappa shape index (κ2) is 8.48. The molecule has 4 rings (SSSR count). The summed E-state index contributed by atoms with van der Waals surface area (Å²) in [7, 11) is 1.31. The highest BCUT2D eigenvalue weighted by molar-refractivity contribution is 7.99. The molecule has 2 N–H and O–H groups in total. The number of thioether (sulfide) groups is 1. The molecule has 148 valence electrons. The third-order valence-corrected chi connectivity index (χ3v) is 5.29. The number of carbonyl (C=O) groups excluding carboxylic acids is 2. The Kier molecular flexibility index (Phi) is 5.62. The van der Waals surface area contributed by atoms with Gasteiger partial charge in [0.25, 0.3) is 0 Å².